The summed E-state index contributed by atoms with van der Waals surface area (Å²) in [5.41, 5.74) is 2.02. The fourth-order valence-electron chi connectivity index (χ4n) is 3.14. The average molecular weight is 385 g/mol. The van der Waals surface area contributed by atoms with Crippen molar-refractivity contribution in [2.24, 2.45) is 0 Å². The number of carbonyl (C=O) groups excluding carboxylic acids is 2. The number of methoxy groups -OCH3 is 1. The molecule has 28 heavy (non-hydrogen) atoms. The third-order valence-corrected chi connectivity index (χ3v) is 4.74. The van der Waals surface area contributed by atoms with Crippen molar-refractivity contribution >= 4 is 17.5 Å². The number of amides is 2. The van der Waals surface area contributed by atoms with Crippen LogP contribution in [0.3, 0.4) is 0 Å². The maximum absolute atomic E-state index is 13.1. The van der Waals surface area contributed by atoms with E-state index < -0.39 is 0 Å². The summed E-state index contributed by atoms with van der Waals surface area (Å²) in [5.74, 6) is -0.498. The zero-order valence-corrected chi connectivity index (χ0v) is 15.9. The second-order valence-electron chi connectivity index (χ2n) is 6.58. The molecule has 0 unspecified atom stereocenters. The number of hydrogen-bond acceptors (Lipinski definition) is 4. The molecule has 0 saturated carbocycles. The van der Waals surface area contributed by atoms with Crippen molar-refractivity contribution in [1.82, 2.24) is 10.2 Å². The molecule has 1 aliphatic rings. The number of benzene rings is 2. The van der Waals surface area contributed by atoms with Gasteiger partial charge >= 0.3 is 0 Å². The van der Waals surface area contributed by atoms with E-state index in [1.165, 1.54) is 12.1 Å². The first-order valence-electron chi connectivity index (χ1n) is 9.25. The van der Waals surface area contributed by atoms with Crippen molar-refractivity contribution in [3.8, 4) is 0 Å². The molecule has 0 atom stereocenters. The molecule has 2 aromatic carbocycles. The summed E-state index contributed by atoms with van der Waals surface area (Å²) >= 11 is 0. The molecular weight excluding hydrogens is 361 g/mol. The molecule has 148 valence electrons. The molecule has 0 aromatic heterocycles. The van der Waals surface area contributed by atoms with Crippen LogP contribution in [0.2, 0.25) is 0 Å². The van der Waals surface area contributed by atoms with Crippen LogP contribution in [0, 0.1) is 5.82 Å². The lowest BCUT2D eigenvalue weighted by Crippen LogP contribution is -2.48. The summed E-state index contributed by atoms with van der Waals surface area (Å²) in [4.78, 5) is 28.7. The normalized spacial score (nSPS) is 14.1. The third-order valence-electron chi connectivity index (χ3n) is 4.74. The molecule has 1 fully saturated rings. The van der Waals surface area contributed by atoms with Gasteiger partial charge in [0.15, 0.2) is 0 Å². The van der Waals surface area contributed by atoms with Crippen LogP contribution in [0.1, 0.15) is 20.7 Å². The first kappa shape index (κ1) is 19.8. The largest absolute Gasteiger partial charge is 0.383 e. The van der Waals surface area contributed by atoms with E-state index in [0.29, 0.717) is 50.5 Å². The van der Waals surface area contributed by atoms with Gasteiger partial charge in [-0.25, -0.2) is 4.39 Å². The second kappa shape index (κ2) is 9.32. The molecular formula is C21H24FN3O3. The number of anilines is 1. The van der Waals surface area contributed by atoms with Crippen LogP contribution in [0.5, 0.6) is 0 Å². The van der Waals surface area contributed by atoms with E-state index in [1.54, 1.807) is 48.4 Å². The van der Waals surface area contributed by atoms with Crippen LogP contribution >= 0.6 is 0 Å². The zero-order valence-electron chi connectivity index (χ0n) is 15.9. The molecule has 6 nitrogen and oxygen atoms in total. The first-order chi connectivity index (χ1) is 13.6. The van der Waals surface area contributed by atoms with Gasteiger partial charge < -0.3 is 19.9 Å². The molecule has 1 heterocycles. The van der Waals surface area contributed by atoms with Gasteiger partial charge in [-0.1, -0.05) is 0 Å². The highest BCUT2D eigenvalue weighted by Gasteiger charge is 2.22. The van der Waals surface area contributed by atoms with Crippen molar-refractivity contribution in [1.29, 1.82) is 0 Å². The molecule has 7 heteroatoms. The van der Waals surface area contributed by atoms with Gasteiger partial charge in [-0.15, -0.1) is 0 Å². The van der Waals surface area contributed by atoms with E-state index in [2.05, 4.69) is 10.2 Å². The molecule has 3 rings (SSSR count). The Morgan fingerprint density at radius 3 is 2.18 bits per heavy atom. The summed E-state index contributed by atoms with van der Waals surface area (Å²) in [7, 11) is 1.58. The number of piperazine rings is 1. The molecule has 0 radical (unpaired) electrons. The number of hydrogen-bond donors (Lipinski definition) is 1. The number of nitrogens with one attached hydrogen (secondary N) is 1. The van der Waals surface area contributed by atoms with Crippen molar-refractivity contribution in [2.45, 2.75) is 0 Å². The maximum atomic E-state index is 13.1. The van der Waals surface area contributed by atoms with E-state index in [1.807, 2.05) is 0 Å². The highest BCUT2D eigenvalue weighted by Crippen LogP contribution is 2.18. The van der Waals surface area contributed by atoms with E-state index in [0.717, 1.165) is 5.69 Å². The van der Waals surface area contributed by atoms with Crippen LogP contribution < -0.4 is 10.2 Å². The van der Waals surface area contributed by atoms with Crippen LogP contribution in [0.25, 0.3) is 0 Å². The Labute approximate surface area is 163 Å². The van der Waals surface area contributed by atoms with Gasteiger partial charge in [-0.3, -0.25) is 9.59 Å². The lowest BCUT2D eigenvalue weighted by molar-refractivity contribution is 0.0746. The average Bonchev–Trinajstić information content (AvgIpc) is 2.74. The molecule has 0 bridgehead atoms. The van der Waals surface area contributed by atoms with Crippen molar-refractivity contribution in [3.63, 3.8) is 0 Å². The second-order valence-corrected chi connectivity index (χ2v) is 6.58. The monoisotopic (exact) mass is 385 g/mol. The highest BCUT2D eigenvalue weighted by atomic mass is 19.1. The number of carbonyl (C=O) groups is 2. The Kier molecular flexibility index (Phi) is 6.60. The van der Waals surface area contributed by atoms with Gasteiger partial charge in [0.25, 0.3) is 11.8 Å². The molecule has 1 saturated heterocycles. The van der Waals surface area contributed by atoms with Gasteiger partial charge in [0.2, 0.25) is 0 Å². The molecule has 0 spiro atoms. The summed E-state index contributed by atoms with van der Waals surface area (Å²) in [6.45, 7) is 3.46. The van der Waals surface area contributed by atoms with E-state index in [-0.39, 0.29) is 17.6 Å². The van der Waals surface area contributed by atoms with E-state index >= 15 is 0 Å². The lowest BCUT2D eigenvalue weighted by Gasteiger charge is -2.36. The van der Waals surface area contributed by atoms with Crippen molar-refractivity contribution in [3.05, 3.63) is 65.5 Å². The Hall–Kier alpha value is -2.93. The fraction of sp³-hybridized carbons (Fsp3) is 0.333. The summed E-state index contributed by atoms with van der Waals surface area (Å²) in [5, 5.41) is 2.75. The number of halogens is 1. The van der Waals surface area contributed by atoms with Gasteiger partial charge in [0.1, 0.15) is 5.82 Å². The minimum Gasteiger partial charge on any atom is -0.383 e. The van der Waals surface area contributed by atoms with Crippen molar-refractivity contribution < 1.29 is 18.7 Å². The summed E-state index contributed by atoms with van der Waals surface area (Å²) in [6.07, 6.45) is 0. The molecule has 0 aliphatic carbocycles. The number of nitrogens with zero attached hydrogens (tertiary/aromatic N) is 2. The van der Waals surface area contributed by atoms with Crippen LogP contribution in [-0.2, 0) is 4.74 Å². The Morgan fingerprint density at radius 1 is 0.964 bits per heavy atom. The topological polar surface area (TPSA) is 61.9 Å². The lowest BCUT2D eigenvalue weighted by atomic mass is 10.1. The smallest absolute Gasteiger partial charge is 0.253 e. The Morgan fingerprint density at radius 2 is 1.57 bits per heavy atom. The predicted molar refractivity (Wildman–Crippen MR) is 105 cm³/mol. The Bertz CT molecular complexity index is 801. The third kappa shape index (κ3) is 4.86. The van der Waals surface area contributed by atoms with Crippen LogP contribution in [0.4, 0.5) is 10.1 Å². The maximum Gasteiger partial charge on any atom is 0.253 e. The number of ether oxygens (including phenoxy) is 1. The standard InChI is InChI=1S/C21H24FN3O3/c1-28-15-10-23-20(26)16-2-4-17(5-3-16)21(27)25-13-11-24(12-14-25)19-8-6-18(22)7-9-19/h2-9H,10-15H2,1H3,(H,23,26). The number of rotatable bonds is 6. The quantitative estimate of drug-likeness (QED) is 0.775. The molecule has 2 amide bonds. The van der Waals surface area contributed by atoms with E-state index in [4.69, 9.17) is 4.74 Å². The summed E-state index contributed by atoms with van der Waals surface area (Å²) < 4.78 is 18.0. The molecule has 1 N–H and O–H groups in total. The Balaban J connectivity index is 1.54. The zero-order chi connectivity index (χ0) is 19.9. The van der Waals surface area contributed by atoms with Crippen LogP contribution in [-0.4, -0.2) is 63.2 Å². The minimum absolute atomic E-state index is 0.0508. The first-order valence-corrected chi connectivity index (χ1v) is 9.25. The summed E-state index contributed by atoms with van der Waals surface area (Å²) in [6, 6.07) is 13.1. The van der Waals surface area contributed by atoms with Gasteiger partial charge in [0, 0.05) is 56.6 Å². The molecule has 2 aromatic rings. The van der Waals surface area contributed by atoms with Gasteiger partial charge in [-0.2, -0.15) is 0 Å². The van der Waals surface area contributed by atoms with Gasteiger partial charge in [0.05, 0.1) is 6.61 Å². The van der Waals surface area contributed by atoms with E-state index in [9.17, 15) is 14.0 Å². The molecule has 1 aliphatic heterocycles. The van der Waals surface area contributed by atoms with Crippen LogP contribution in [0.15, 0.2) is 48.5 Å². The SMILES string of the molecule is COCCNC(=O)c1ccc(C(=O)N2CCN(c3ccc(F)cc3)CC2)cc1. The predicted octanol–water partition coefficient (Wildman–Crippen LogP) is 2.16. The fourth-order valence-corrected chi connectivity index (χ4v) is 3.14. The van der Waals surface area contributed by atoms with Gasteiger partial charge in [-0.05, 0) is 48.5 Å². The minimum atomic E-state index is -0.256. The highest BCUT2D eigenvalue weighted by molar-refractivity contribution is 5.97. The van der Waals surface area contributed by atoms with Crippen molar-refractivity contribution in [2.75, 3.05) is 51.3 Å².